The zero-order valence-electron chi connectivity index (χ0n) is 14.1. The summed E-state index contributed by atoms with van der Waals surface area (Å²) in [5, 5.41) is 3.47. The number of nitrogens with two attached hydrogens (primary N) is 1. The van der Waals surface area contributed by atoms with Crippen molar-refractivity contribution in [3.8, 4) is 11.4 Å². The van der Waals surface area contributed by atoms with Crippen LogP contribution >= 0.6 is 0 Å². The number of hydrogen-bond acceptors (Lipinski definition) is 6. The summed E-state index contributed by atoms with van der Waals surface area (Å²) in [4.78, 5) is 17.8. The van der Waals surface area contributed by atoms with Crippen LogP contribution in [0.5, 0.6) is 0 Å². The maximum atomic E-state index is 5.76. The lowest BCUT2D eigenvalue weighted by molar-refractivity contribution is 0.583. The predicted octanol–water partition coefficient (Wildman–Crippen LogP) is 3.31. The highest BCUT2D eigenvalue weighted by molar-refractivity contribution is 5.55. The van der Waals surface area contributed by atoms with Crippen molar-refractivity contribution in [1.29, 1.82) is 0 Å². The smallest absolute Gasteiger partial charge is 0.222 e. The van der Waals surface area contributed by atoms with E-state index >= 15 is 0 Å². The second-order valence-electron chi connectivity index (χ2n) is 6.30. The van der Waals surface area contributed by atoms with Crippen LogP contribution in [0, 0.1) is 6.92 Å². The molecular formula is C19H20N6. The first-order valence-corrected chi connectivity index (χ1v) is 8.48. The van der Waals surface area contributed by atoms with Crippen molar-refractivity contribution in [2.75, 3.05) is 11.1 Å². The molecule has 6 heteroatoms. The van der Waals surface area contributed by atoms with Gasteiger partial charge < -0.3 is 11.1 Å². The lowest BCUT2D eigenvalue weighted by atomic mass is 9.92. The predicted molar refractivity (Wildman–Crippen MR) is 98.0 cm³/mol. The fourth-order valence-corrected chi connectivity index (χ4v) is 3.27. The summed E-state index contributed by atoms with van der Waals surface area (Å²) in [5.74, 6) is 1.81. The average molecular weight is 332 g/mol. The van der Waals surface area contributed by atoms with Gasteiger partial charge in [0.15, 0.2) is 5.82 Å². The van der Waals surface area contributed by atoms with Gasteiger partial charge in [-0.3, -0.25) is 0 Å². The third-order valence-electron chi connectivity index (χ3n) is 4.41. The molecule has 0 aliphatic heterocycles. The van der Waals surface area contributed by atoms with E-state index in [1.54, 1.807) is 0 Å². The molecule has 2 heterocycles. The lowest BCUT2D eigenvalue weighted by Gasteiger charge is -2.26. The van der Waals surface area contributed by atoms with Crippen LogP contribution in [-0.2, 0) is 6.42 Å². The monoisotopic (exact) mass is 332 g/mol. The molecule has 0 bridgehead atoms. The number of hydrogen-bond donors (Lipinski definition) is 2. The second kappa shape index (κ2) is 6.47. The van der Waals surface area contributed by atoms with Crippen LogP contribution in [0.3, 0.4) is 0 Å². The first kappa shape index (κ1) is 15.5. The van der Waals surface area contributed by atoms with Gasteiger partial charge in [-0.25, -0.2) is 15.0 Å². The van der Waals surface area contributed by atoms with E-state index in [1.165, 1.54) is 0 Å². The van der Waals surface area contributed by atoms with Gasteiger partial charge in [0, 0.05) is 34.8 Å². The molecule has 1 aliphatic carbocycles. The number of aromatic nitrogens is 4. The summed E-state index contributed by atoms with van der Waals surface area (Å²) in [6.07, 6.45) is 5.01. The van der Waals surface area contributed by atoms with Crippen LogP contribution in [-0.4, -0.2) is 19.9 Å². The molecule has 0 unspecified atom stereocenters. The molecule has 1 aliphatic rings. The summed E-state index contributed by atoms with van der Waals surface area (Å²) >= 11 is 0. The maximum absolute atomic E-state index is 5.76. The van der Waals surface area contributed by atoms with Gasteiger partial charge in [-0.15, -0.1) is 0 Å². The van der Waals surface area contributed by atoms with E-state index in [0.29, 0.717) is 0 Å². The molecule has 0 radical (unpaired) electrons. The Kier molecular flexibility index (Phi) is 4.01. The van der Waals surface area contributed by atoms with Crippen molar-refractivity contribution in [3.05, 3.63) is 59.5 Å². The third-order valence-corrected chi connectivity index (χ3v) is 4.41. The van der Waals surface area contributed by atoms with E-state index in [-0.39, 0.29) is 12.0 Å². The molecule has 1 atom stereocenters. The Balaban J connectivity index is 1.64. The molecule has 126 valence electrons. The summed E-state index contributed by atoms with van der Waals surface area (Å²) in [6, 6.07) is 12.1. The number of anilines is 2. The molecule has 4 rings (SSSR count). The average Bonchev–Trinajstić information content (AvgIpc) is 2.61. The van der Waals surface area contributed by atoms with Crippen LogP contribution in [0.15, 0.2) is 42.6 Å². The van der Waals surface area contributed by atoms with Gasteiger partial charge in [0.25, 0.3) is 0 Å². The van der Waals surface area contributed by atoms with Crippen molar-refractivity contribution in [2.45, 2.75) is 32.2 Å². The first-order valence-electron chi connectivity index (χ1n) is 8.48. The largest absolute Gasteiger partial charge is 0.368 e. The molecule has 0 spiro atoms. The topological polar surface area (TPSA) is 89.6 Å². The van der Waals surface area contributed by atoms with Gasteiger partial charge in [0.2, 0.25) is 5.95 Å². The Morgan fingerprint density at radius 2 is 1.96 bits per heavy atom. The van der Waals surface area contributed by atoms with Gasteiger partial charge in [-0.05, 0) is 26.2 Å². The fourth-order valence-electron chi connectivity index (χ4n) is 3.27. The van der Waals surface area contributed by atoms with Crippen molar-refractivity contribution in [1.82, 2.24) is 19.9 Å². The molecule has 3 N–H and O–H groups in total. The highest BCUT2D eigenvalue weighted by Gasteiger charge is 2.23. The molecule has 25 heavy (non-hydrogen) atoms. The second-order valence-corrected chi connectivity index (χ2v) is 6.30. The summed E-state index contributed by atoms with van der Waals surface area (Å²) in [7, 11) is 0. The zero-order valence-corrected chi connectivity index (χ0v) is 14.1. The maximum Gasteiger partial charge on any atom is 0.222 e. The third kappa shape index (κ3) is 3.28. The Morgan fingerprint density at radius 1 is 1.12 bits per heavy atom. The van der Waals surface area contributed by atoms with Crippen molar-refractivity contribution in [2.24, 2.45) is 0 Å². The van der Waals surface area contributed by atoms with Gasteiger partial charge in [0.05, 0.1) is 6.04 Å². The Hall–Kier alpha value is -3.02. The summed E-state index contributed by atoms with van der Waals surface area (Å²) in [6.45, 7) is 1.91. The van der Waals surface area contributed by atoms with E-state index in [9.17, 15) is 0 Å². The number of aryl methyl sites for hydroxylation is 2. The molecule has 3 aromatic rings. The van der Waals surface area contributed by atoms with E-state index in [0.717, 1.165) is 53.4 Å². The van der Waals surface area contributed by atoms with E-state index in [2.05, 4.69) is 20.3 Å². The van der Waals surface area contributed by atoms with Crippen molar-refractivity contribution >= 4 is 11.8 Å². The van der Waals surface area contributed by atoms with Gasteiger partial charge in [-0.1, -0.05) is 30.3 Å². The Morgan fingerprint density at radius 3 is 2.76 bits per heavy atom. The van der Waals surface area contributed by atoms with Crippen molar-refractivity contribution < 1.29 is 0 Å². The quantitative estimate of drug-likeness (QED) is 0.765. The molecule has 1 aromatic carbocycles. The lowest BCUT2D eigenvalue weighted by Crippen LogP contribution is -2.20. The molecule has 6 nitrogen and oxygen atoms in total. The molecule has 0 fully saturated rings. The normalized spacial score (nSPS) is 16.3. The molecular weight excluding hydrogens is 312 g/mol. The van der Waals surface area contributed by atoms with Crippen LogP contribution < -0.4 is 11.1 Å². The molecule has 0 amide bonds. The molecule has 0 saturated heterocycles. The minimum absolute atomic E-state index is 0.141. The van der Waals surface area contributed by atoms with Gasteiger partial charge in [-0.2, -0.15) is 4.98 Å². The first-order chi connectivity index (χ1) is 12.2. The minimum atomic E-state index is 0.141. The van der Waals surface area contributed by atoms with Crippen LogP contribution in [0.4, 0.5) is 11.8 Å². The molecule has 0 saturated carbocycles. The number of benzene rings is 1. The number of nitrogens with one attached hydrogen (secondary N) is 1. The summed E-state index contributed by atoms with van der Waals surface area (Å²) in [5.41, 5.74) is 9.89. The van der Waals surface area contributed by atoms with Crippen LogP contribution in [0.2, 0.25) is 0 Å². The zero-order chi connectivity index (χ0) is 17.2. The standard InChI is InChI=1S/C19H20N6/c1-12-10-17(25-19(20)22-12)23-15-8-5-9-16-14(15)11-21-18(24-16)13-6-3-2-4-7-13/h2-4,6-7,10-11,15H,5,8-9H2,1H3,(H3,20,22,23,25)/t15-/m0/s1. The Labute approximate surface area is 146 Å². The minimum Gasteiger partial charge on any atom is -0.368 e. The Bertz CT molecular complexity index is 873. The van der Waals surface area contributed by atoms with Gasteiger partial charge in [0.1, 0.15) is 5.82 Å². The SMILES string of the molecule is Cc1cc(N[C@H]2CCCc3nc(-c4ccccc4)ncc32)nc(N)n1. The number of nitrogen functional groups attached to an aromatic ring is 1. The number of rotatable bonds is 3. The fraction of sp³-hybridized carbons (Fsp3) is 0.263. The summed E-state index contributed by atoms with van der Waals surface area (Å²) < 4.78 is 0. The highest BCUT2D eigenvalue weighted by Crippen LogP contribution is 2.32. The van der Waals surface area contributed by atoms with Crippen LogP contribution in [0.25, 0.3) is 11.4 Å². The van der Waals surface area contributed by atoms with E-state index in [4.69, 9.17) is 10.7 Å². The van der Waals surface area contributed by atoms with E-state index < -0.39 is 0 Å². The van der Waals surface area contributed by atoms with E-state index in [1.807, 2.05) is 49.5 Å². The van der Waals surface area contributed by atoms with Gasteiger partial charge >= 0.3 is 0 Å². The molecule has 2 aromatic heterocycles. The van der Waals surface area contributed by atoms with Crippen LogP contribution in [0.1, 0.15) is 35.8 Å². The number of fused-ring (bicyclic) bond motifs is 1. The van der Waals surface area contributed by atoms with Crippen molar-refractivity contribution in [3.63, 3.8) is 0 Å². The highest BCUT2D eigenvalue weighted by atomic mass is 15.1. The number of nitrogens with zero attached hydrogens (tertiary/aromatic N) is 4.